The van der Waals surface area contributed by atoms with Crippen LogP contribution in [0.1, 0.15) is 18.1 Å². The van der Waals surface area contributed by atoms with Gasteiger partial charge in [-0.1, -0.05) is 48.5 Å². The molecule has 0 saturated heterocycles. The highest BCUT2D eigenvalue weighted by atomic mass is 19.1. The Morgan fingerprint density at radius 3 is 2.48 bits per heavy atom. The van der Waals surface area contributed by atoms with E-state index in [0.717, 1.165) is 5.56 Å². The van der Waals surface area contributed by atoms with Gasteiger partial charge in [0.2, 0.25) is 5.91 Å². The Bertz CT molecular complexity index is 685. The lowest BCUT2D eigenvalue weighted by Gasteiger charge is -2.29. The summed E-state index contributed by atoms with van der Waals surface area (Å²) >= 11 is 0. The van der Waals surface area contributed by atoms with Crippen LogP contribution >= 0.6 is 0 Å². The number of carbonyl (C=O) groups excluding carboxylic acids is 1. The Balaban J connectivity index is 2.01. The molecule has 1 N–H and O–H groups in total. The molecule has 120 valence electrons. The third-order valence-electron chi connectivity index (χ3n) is 3.72. The fraction of sp³-hybridized carbons (Fsp3) is 0.211. The summed E-state index contributed by atoms with van der Waals surface area (Å²) in [5.74, 6) is -0.612. The quantitative estimate of drug-likeness (QED) is 0.829. The maximum absolute atomic E-state index is 14.0. The van der Waals surface area contributed by atoms with E-state index in [4.69, 9.17) is 4.74 Å². The van der Waals surface area contributed by atoms with Gasteiger partial charge in [0.25, 0.3) is 0 Å². The molecule has 1 unspecified atom stereocenters. The molecule has 0 aliphatic carbocycles. The Kier molecular flexibility index (Phi) is 5.66. The number of carbonyl (C=O) groups is 1. The second-order valence-electron chi connectivity index (χ2n) is 5.38. The summed E-state index contributed by atoms with van der Waals surface area (Å²) in [5, 5.41) is 2.75. The minimum atomic E-state index is -0.929. The highest BCUT2D eigenvalue weighted by molar-refractivity contribution is 5.91. The molecular weight excluding hydrogens is 293 g/mol. The Hall–Kier alpha value is -2.46. The van der Waals surface area contributed by atoms with Crippen LogP contribution in [-0.2, 0) is 15.1 Å². The first kappa shape index (κ1) is 16.9. The van der Waals surface area contributed by atoms with Crippen LogP contribution in [0.4, 0.5) is 4.39 Å². The molecule has 0 aliphatic heterocycles. The van der Waals surface area contributed by atoms with Gasteiger partial charge >= 0.3 is 0 Å². The van der Waals surface area contributed by atoms with E-state index in [9.17, 15) is 9.18 Å². The third kappa shape index (κ3) is 4.50. The summed E-state index contributed by atoms with van der Waals surface area (Å²) in [5.41, 5.74) is 0.419. The Morgan fingerprint density at radius 2 is 1.83 bits per heavy atom. The minimum Gasteiger partial charge on any atom is -0.372 e. The van der Waals surface area contributed by atoms with Gasteiger partial charge < -0.3 is 10.1 Å². The van der Waals surface area contributed by atoms with Gasteiger partial charge in [-0.15, -0.1) is 0 Å². The lowest BCUT2D eigenvalue weighted by molar-refractivity contribution is -0.118. The second kappa shape index (κ2) is 7.70. The molecule has 2 aromatic rings. The van der Waals surface area contributed by atoms with Crippen molar-refractivity contribution < 1.29 is 13.9 Å². The summed E-state index contributed by atoms with van der Waals surface area (Å²) in [6.07, 6.45) is 3.18. The smallest absolute Gasteiger partial charge is 0.244 e. The van der Waals surface area contributed by atoms with Crippen molar-refractivity contribution in [3.63, 3.8) is 0 Å². The fourth-order valence-corrected chi connectivity index (χ4v) is 2.22. The first-order chi connectivity index (χ1) is 11.0. The zero-order valence-electron chi connectivity index (χ0n) is 13.3. The molecule has 23 heavy (non-hydrogen) atoms. The summed E-state index contributed by atoms with van der Waals surface area (Å²) < 4.78 is 19.4. The number of benzene rings is 2. The van der Waals surface area contributed by atoms with Crippen molar-refractivity contribution in [2.45, 2.75) is 12.5 Å². The predicted octanol–water partition coefficient (Wildman–Crippen LogP) is 3.52. The number of halogens is 1. The highest BCUT2D eigenvalue weighted by Crippen LogP contribution is 2.26. The van der Waals surface area contributed by atoms with E-state index in [1.165, 1.54) is 19.3 Å². The number of ether oxygens (including phenoxy) is 1. The van der Waals surface area contributed by atoms with Crippen molar-refractivity contribution in [2.24, 2.45) is 0 Å². The van der Waals surface area contributed by atoms with Crippen molar-refractivity contribution in [3.8, 4) is 0 Å². The molecule has 0 spiro atoms. The number of hydrogen-bond acceptors (Lipinski definition) is 2. The van der Waals surface area contributed by atoms with Crippen molar-refractivity contribution in [1.29, 1.82) is 0 Å². The van der Waals surface area contributed by atoms with Gasteiger partial charge in [-0.3, -0.25) is 4.79 Å². The lowest BCUT2D eigenvalue weighted by Crippen LogP contribution is -2.40. The number of rotatable bonds is 6. The number of amides is 1. The zero-order chi connectivity index (χ0) is 16.7. The zero-order valence-corrected chi connectivity index (χ0v) is 13.3. The number of methoxy groups -OCH3 is 1. The molecular formula is C19H20FNO2. The van der Waals surface area contributed by atoms with E-state index in [2.05, 4.69) is 5.32 Å². The van der Waals surface area contributed by atoms with Gasteiger partial charge in [-0.25, -0.2) is 4.39 Å². The van der Waals surface area contributed by atoms with E-state index in [0.29, 0.717) is 5.56 Å². The molecule has 3 nitrogen and oxygen atoms in total. The van der Waals surface area contributed by atoms with Gasteiger partial charge in [0.15, 0.2) is 0 Å². The second-order valence-corrected chi connectivity index (χ2v) is 5.38. The molecule has 2 aromatic carbocycles. The van der Waals surface area contributed by atoms with Crippen molar-refractivity contribution in [1.82, 2.24) is 5.32 Å². The van der Waals surface area contributed by atoms with Crippen LogP contribution in [0.2, 0.25) is 0 Å². The largest absolute Gasteiger partial charge is 0.372 e. The molecule has 0 saturated carbocycles. The molecule has 0 aliphatic rings. The molecule has 1 amide bonds. The van der Waals surface area contributed by atoms with Crippen molar-refractivity contribution in [2.75, 3.05) is 13.7 Å². The topological polar surface area (TPSA) is 38.3 Å². The van der Waals surface area contributed by atoms with Crippen LogP contribution in [0.15, 0.2) is 60.7 Å². The molecule has 4 heteroatoms. The van der Waals surface area contributed by atoms with Gasteiger partial charge in [0, 0.05) is 18.7 Å². The van der Waals surface area contributed by atoms with E-state index >= 15 is 0 Å². The van der Waals surface area contributed by atoms with E-state index in [1.54, 1.807) is 31.2 Å². The fourth-order valence-electron chi connectivity index (χ4n) is 2.22. The highest BCUT2D eigenvalue weighted by Gasteiger charge is 2.29. The summed E-state index contributed by atoms with van der Waals surface area (Å²) in [4.78, 5) is 11.9. The van der Waals surface area contributed by atoms with Crippen LogP contribution in [0.5, 0.6) is 0 Å². The summed E-state index contributed by atoms with van der Waals surface area (Å²) in [7, 11) is 1.50. The van der Waals surface area contributed by atoms with Gasteiger partial charge in [0.1, 0.15) is 11.4 Å². The first-order valence-electron chi connectivity index (χ1n) is 7.36. The monoisotopic (exact) mass is 313 g/mol. The number of hydrogen-bond donors (Lipinski definition) is 1. The maximum Gasteiger partial charge on any atom is 0.244 e. The summed E-state index contributed by atoms with van der Waals surface area (Å²) in [6.45, 7) is 1.91. The molecule has 0 fully saturated rings. The Labute approximate surface area is 135 Å². The van der Waals surface area contributed by atoms with Crippen LogP contribution in [0, 0.1) is 5.82 Å². The molecule has 2 rings (SSSR count). The number of nitrogens with one attached hydrogen (secondary N) is 1. The minimum absolute atomic E-state index is 0.169. The average molecular weight is 313 g/mol. The van der Waals surface area contributed by atoms with Gasteiger partial charge in [-0.2, -0.15) is 0 Å². The van der Waals surface area contributed by atoms with Crippen LogP contribution < -0.4 is 5.32 Å². The SMILES string of the molecule is COC(C)(CNC(=O)C=Cc1ccccc1)c1ccccc1F. The molecule has 0 radical (unpaired) electrons. The van der Waals surface area contributed by atoms with Crippen LogP contribution in [-0.4, -0.2) is 19.6 Å². The predicted molar refractivity (Wildman–Crippen MR) is 89.2 cm³/mol. The van der Waals surface area contributed by atoms with E-state index in [1.807, 2.05) is 30.3 Å². The van der Waals surface area contributed by atoms with Gasteiger partial charge in [0.05, 0.1) is 6.54 Å². The molecule has 0 bridgehead atoms. The first-order valence-corrected chi connectivity index (χ1v) is 7.36. The van der Waals surface area contributed by atoms with E-state index in [-0.39, 0.29) is 18.3 Å². The average Bonchev–Trinajstić information content (AvgIpc) is 2.59. The molecule has 0 heterocycles. The maximum atomic E-state index is 14.0. The van der Waals surface area contributed by atoms with Gasteiger partial charge in [-0.05, 0) is 24.6 Å². The molecule has 1 atom stereocenters. The summed E-state index contributed by atoms with van der Waals surface area (Å²) in [6, 6.07) is 15.9. The lowest BCUT2D eigenvalue weighted by atomic mass is 9.95. The van der Waals surface area contributed by atoms with Crippen molar-refractivity contribution in [3.05, 3.63) is 77.6 Å². The molecule has 0 aromatic heterocycles. The van der Waals surface area contributed by atoms with E-state index < -0.39 is 5.60 Å². The van der Waals surface area contributed by atoms with Crippen LogP contribution in [0.25, 0.3) is 6.08 Å². The van der Waals surface area contributed by atoms with Crippen LogP contribution in [0.3, 0.4) is 0 Å². The normalized spacial score (nSPS) is 13.7. The standard InChI is InChI=1S/C19H20FNO2/c1-19(23-2,16-10-6-7-11-17(16)20)14-21-18(22)13-12-15-8-4-3-5-9-15/h3-13H,14H2,1-2H3,(H,21,22). The Morgan fingerprint density at radius 1 is 1.17 bits per heavy atom. The third-order valence-corrected chi connectivity index (χ3v) is 3.72. The van der Waals surface area contributed by atoms with Crippen molar-refractivity contribution >= 4 is 12.0 Å².